The van der Waals surface area contributed by atoms with Crippen LogP contribution in [0, 0.1) is 6.92 Å². The molecule has 0 aliphatic carbocycles. The third-order valence-corrected chi connectivity index (χ3v) is 11.9. The highest BCUT2D eigenvalue weighted by atomic mass is 15.0. The molecule has 0 unspecified atom stereocenters. The quantitative estimate of drug-likeness (QED) is 0.172. The number of aryl methyl sites for hydroxylation is 1. The highest BCUT2D eigenvalue weighted by molar-refractivity contribution is 6.13. The number of nitrogens with zero attached hydrogens (tertiary/aromatic N) is 2. The molecule has 8 aromatic rings. The fraction of sp³-hybridized carbons (Fsp3) is 0.321. The van der Waals surface area contributed by atoms with Crippen LogP contribution in [0.1, 0.15) is 111 Å². The van der Waals surface area contributed by atoms with E-state index < -0.39 is 0 Å². The number of hydrogen-bond acceptors (Lipinski definition) is 0. The van der Waals surface area contributed by atoms with Gasteiger partial charge in [-0.25, -0.2) is 0 Å². The molecule has 0 atom stereocenters. The minimum absolute atomic E-state index is 0.0280. The Kier molecular flexibility index (Phi) is 8.36. The summed E-state index contributed by atoms with van der Waals surface area (Å²) in [5.41, 5.74) is 16.9. The standard InChI is InChI=1S/C53H58N2/c1-33-45(55-47-27-21-36(51(5,6)7)31-42(47)43-32-37(52(8,9)10)22-28-48(43)55)29-25-40-39-16-14-15-17-46(39)54(49(33)40)38-23-18-34(19-24-38)41-30-35(50(2,3)4)20-26-44(41)53(11,12)13/h14-32H,1-13H3. The van der Waals surface area contributed by atoms with Crippen molar-refractivity contribution in [3.8, 4) is 22.5 Å². The first-order valence-corrected chi connectivity index (χ1v) is 20.1. The van der Waals surface area contributed by atoms with E-state index in [0.29, 0.717) is 0 Å². The Balaban J connectivity index is 1.37. The fourth-order valence-corrected chi connectivity index (χ4v) is 8.63. The summed E-state index contributed by atoms with van der Waals surface area (Å²) in [6.45, 7) is 30.0. The number of para-hydroxylation sites is 1. The van der Waals surface area contributed by atoms with Gasteiger partial charge < -0.3 is 9.13 Å². The molecule has 55 heavy (non-hydrogen) atoms. The van der Waals surface area contributed by atoms with Gasteiger partial charge in [0.2, 0.25) is 0 Å². The molecule has 0 radical (unpaired) electrons. The van der Waals surface area contributed by atoms with Gasteiger partial charge in [-0.3, -0.25) is 0 Å². The van der Waals surface area contributed by atoms with Gasteiger partial charge in [0.15, 0.2) is 0 Å². The van der Waals surface area contributed by atoms with Crippen molar-refractivity contribution >= 4 is 43.6 Å². The van der Waals surface area contributed by atoms with Crippen LogP contribution in [0.2, 0.25) is 0 Å². The summed E-state index contributed by atoms with van der Waals surface area (Å²) in [6, 6.07) is 44.2. The van der Waals surface area contributed by atoms with Crippen LogP contribution < -0.4 is 0 Å². The second-order valence-corrected chi connectivity index (χ2v) is 20.1. The third kappa shape index (κ3) is 6.19. The number of rotatable bonds is 3. The molecule has 280 valence electrons. The van der Waals surface area contributed by atoms with Crippen LogP contribution in [0.5, 0.6) is 0 Å². The first-order chi connectivity index (χ1) is 25.7. The second kappa shape index (κ2) is 12.5. The topological polar surface area (TPSA) is 9.86 Å². The average molecular weight is 723 g/mol. The maximum atomic E-state index is 2.51. The van der Waals surface area contributed by atoms with Crippen molar-refractivity contribution in [2.24, 2.45) is 0 Å². The zero-order valence-corrected chi connectivity index (χ0v) is 35.4. The van der Waals surface area contributed by atoms with Crippen LogP contribution in [-0.4, -0.2) is 9.13 Å². The van der Waals surface area contributed by atoms with Gasteiger partial charge in [-0.05, 0) is 116 Å². The Morgan fingerprint density at radius 1 is 0.400 bits per heavy atom. The van der Waals surface area contributed by atoms with Crippen molar-refractivity contribution in [3.05, 3.63) is 143 Å². The van der Waals surface area contributed by atoms with Gasteiger partial charge in [-0.1, -0.05) is 150 Å². The van der Waals surface area contributed by atoms with E-state index in [-0.39, 0.29) is 21.7 Å². The number of aromatic nitrogens is 2. The number of fused-ring (bicyclic) bond motifs is 6. The molecule has 0 spiro atoms. The lowest BCUT2D eigenvalue weighted by Crippen LogP contribution is -2.16. The molecule has 2 heterocycles. The van der Waals surface area contributed by atoms with Crippen LogP contribution >= 0.6 is 0 Å². The molecular formula is C53H58N2. The third-order valence-electron chi connectivity index (χ3n) is 11.9. The van der Waals surface area contributed by atoms with Crippen LogP contribution in [0.4, 0.5) is 0 Å². The summed E-state index contributed by atoms with van der Waals surface area (Å²) in [5.74, 6) is 0. The molecule has 0 amide bonds. The normalized spacial score (nSPS) is 13.2. The summed E-state index contributed by atoms with van der Waals surface area (Å²) in [7, 11) is 0. The largest absolute Gasteiger partial charge is 0.309 e. The van der Waals surface area contributed by atoms with E-state index in [1.54, 1.807) is 0 Å². The van der Waals surface area contributed by atoms with Gasteiger partial charge in [0.05, 0.1) is 27.8 Å². The van der Waals surface area contributed by atoms with E-state index in [4.69, 9.17) is 0 Å². The van der Waals surface area contributed by atoms with E-state index >= 15 is 0 Å². The fourth-order valence-electron chi connectivity index (χ4n) is 8.63. The van der Waals surface area contributed by atoms with E-state index in [0.717, 1.165) is 0 Å². The smallest absolute Gasteiger partial charge is 0.0591 e. The van der Waals surface area contributed by atoms with Crippen LogP contribution in [0.15, 0.2) is 115 Å². The predicted molar refractivity (Wildman–Crippen MR) is 240 cm³/mol. The van der Waals surface area contributed by atoms with Gasteiger partial charge in [0.25, 0.3) is 0 Å². The maximum absolute atomic E-state index is 2.51. The molecule has 0 bridgehead atoms. The van der Waals surface area contributed by atoms with Crippen molar-refractivity contribution in [2.45, 2.75) is 112 Å². The monoisotopic (exact) mass is 722 g/mol. The summed E-state index contributed by atoms with van der Waals surface area (Å²) >= 11 is 0. The average Bonchev–Trinajstić information content (AvgIpc) is 3.63. The van der Waals surface area contributed by atoms with Crippen molar-refractivity contribution in [1.82, 2.24) is 9.13 Å². The van der Waals surface area contributed by atoms with Crippen molar-refractivity contribution in [2.75, 3.05) is 0 Å². The van der Waals surface area contributed by atoms with Gasteiger partial charge in [-0.15, -0.1) is 0 Å². The Hall–Kier alpha value is -5.08. The van der Waals surface area contributed by atoms with E-state index in [2.05, 4.69) is 214 Å². The molecule has 2 heteroatoms. The Labute approximate surface area is 328 Å². The lowest BCUT2D eigenvalue weighted by atomic mass is 9.78. The molecule has 2 aromatic heterocycles. The predicted octanol–water partition coefficient (Wildman–Crippen LogP) is 15.0. The Morgan fingerprint density at radius 3 is 1.45 bits per heavy atom. The van der Waals surface area contributed by atoms with Crippen molar-refractivity contribution < 1.29 is 0 Å². The summed E-state index contributed by atoms with van der Waals surface area (Å²) in [4.78, 5) is 0. The molecular weight excluding hydrogens is 665 g/mol. The van der Waals surface area contributed by atoms with Crippen molar-refractivity contribution in [1.29, 1.82) is 0 Å². The summed E-state index contributed by atoms with van der Waals surface area (Å²) < 4.78 is 5.01. The lowest BCUT2D eigenvalue weighted by Gasteiger charge is -2.27. The maximum Gasteiger partial charge on any atom is 0.0591 e. The highest BCUT2D eigenvalue weighted by Crippen LogP contribution is 2.42. The van der Waals surface area contributed by atoms with Crippen molar-refractivity contribution in [3.63, 3.8) is 0 Å². The minimum atomic E-state index is 0.0280. The summed E-state index contributed by atoms with van der Waals surface area (Å²) in [6.07, 6.45) is 0. The molecule has 6 aromatic carbocycles. The van der Waals surface area contributed by atoms with Gasteiger partial charge >= 0.3 is 0 Å². The molecule has 0 aliphatic rings. The molecule has 0 saturated carbocycles. The second-order valence-electron chi connectivity index (χ2n) is 20.1. The van der Waals surface area contributed by atoms with E-state index in [1.165, 1.54) is 93.9 Å². The lowest BCUT2D eigenvalue weighted by molar-refractivity contribution is 0.578. The zero-order chi connectivity index (χ0) is 39.4. The van der Waals surface area contributed by atoms with Crippen LogP contribution in [-0.2, 0) is 21.7 Å². The molecule has 0 saturated heterocycles. The molecule has 8 rings (SSSR count). The number of hydrogen-bond donors (Lipinski definition) is 0. The summed E-state index contributed by atoms with van der Waals surface area (Å²) in [5, 5.41) is 5.18. The Morgan fingerprint density at radius 2 is 0.909 bits per heavy atom. The molecule has 0 fully saturated rings. The molecule has 0 aliphatic heterocycles. The van der Waals surface area contributed by atoms with Gasteiger partial charge in [-0.2, -0.15) is 0 Å². The van der Waals surface area contributed by atoms with Crippen LogP contribution in [0.3, 0.4) is 0 Å². The zero-order valence-electron chi connectivity index (χ0n) is 35.4. The van der Waals surface area contributed by atoms with Crippen LogP contribution in [0.25, 0.3) is 66.1 Å². The van der Waals surface area contributed by atoms with Gasteiger partial charge in [0, 0.05) is 27.2 Å². The van der Waals surface area contributed by atoms with E-state index in [9.17, 15) is 0 Å². The van der Waals surface area contributed by atoms with E-state index in [1.807, 2.05) is 0 Å². The first-order valence-electron chi connectivity index (χ1n) is 20.1. The van der Waals surface area contributed by atoms with Gasteiger partial charge in [0.1, 0.15) is 0 Å². The first kappa shape index (κ1) is 36.9. The number of benzene rings is 6. The molecule has 2 nitrogen and oxygen atoms in total. The Bertz CT molecular complexity index is 2700. The highest BCUT2D eigenvalue weighted by Gasteiger charge is 2.25. The minimum Gasteiger partial charge on any atom is -0.309 e. The molecule has 0 N–H and O–H groups in total. The SMILES string of the molecule is Cc1c(-n2c3ccc(C(C)(C)C)cc3c3cc(C(C)(C)C)ccc32)ccc2c3ccccc3n(-c3ccc(-c4cc(C(C)(C)C)ccc4C(C)(C)C)cc3)c12.